The molecule has 2 fully saturated rings. The maximum atomic E-state index is 13.8. The van der Waals surface area contributed by atoms with Crippen LogP contribution < -0.4 is 16.4 Å². The summed E-state index contributed by atoms with van der Waals surface area (Å²) in [5, 5.41) is 23.2. The van der Waals surface area contributed by atoms with Gasteiger partial charge in [-0.05, 0) is 17.3 Å². The van der Waals surface area contributed by atoms with Crippen LogP contribution in [0.3, 0.4) is 0 Å². The number of benzene rings is 1. The molecule has 0 radical (unpaired) electrons. The lowest BCUT2D eigenvalue weighted by molar-refractivity contribution is -0.176. The molecule has 216 valence electrons. The molecule has 14 heteroatoms. The fourth-order valence-corrected chi connectivity index (χ4v) is 5.64. The first-order valence-electron chi connectivity index (χ1n) is 12.6. The largest absolute Gasteiger partial charge is 0.471 e. The first kappa shape index (κ1) is 29.2. The van der Waals surface area contributed by atoms with Gasteiger partial charge in [0.1, 0.15) is 17.8 Å². The standard InChI is InChI=1S/C26H31F3N6O5/c1-24(2,11-36)19(33-23(40)26(27,28)29)22(39)35-10-14-15(25(14,3)4)18(35)21(38)32-17(20(30)37)16-13-8-6-5-7-12(13)9-31-34-16/h5-9,14-15,17-19,36H,10-11H2,1-4H3,(H2,30,37)(H,32,38)(H,33,40)/t14-,15-,17?,18-,19+/m0/s1. The number of fused-ring (bicyclic) bond motifs is 2. The van der Waals surface area contributed by atoms with Crippen LogP contribution in [0.4, 0.5) is 13.2 Å². The Morgan fingerprint density at radius 1 is 1.18 bits per heavy atom. The van der Waals surface area contributed by atoms with Crippen LogP contribution in [-0.4, -0.2) is 75.2 Å². The molecular formula is C26H31F3N6O5. The number of nitrogens with one attached hydrogen (secondary N) is 2. The SMILES string of the molecule is CC(C)(CO)[C@H](NC(=O)C(F)(F)F)C(=O)N1C[C@H]2[C@@H]([C@H]1C(=O)NC(C(N)=O)c1nncc3ccccc13)C2(C)C. The summed E-state index contributed by atoms with van der Waals surface area (Å²) in [5.74, 6) is -5.53. The number of primary amides is 1. The number of hydrogen-bond donors (Lipinski definition) is 4. The van der Waals surface area contributed by atoms with Gasteiger partial charge in [-0.25, -0.2) is 0 Å². The van der Waals surface area contributed by atoms with E-state index >= 15 is 0 Å². The number of aliphatic hydroxyl groups excluding tert-OH is 1. The van der Waals surface area contributed by atoms with Gasteiger partial charge in [0.25, 0.3) is 0 Å². The number of rotatable bonds is 8. The number of piperidine rings is 1. The van der Waals surface area contributed by atoms with E-state index in [4.69, 9.17) is 5.73 Å². The van der Waals surface area contributed by atoms with Crippen LogP contribution in [0.25, 0.3) is 10.8 Å². The van der Waals surface area contributed by atoms with E-state index in [1.54, 1.807) is 29.6 Å². The molecule has 4 rings (SSSR count). The smallest absolute Gasteiger partial charge is 0.396 e. The van der Waals surface area contributed by atoms with E-state index < -0.39 is 60.0 Å². The second kappa shape index (κ2) is 9.98. The Hall–Kier alpha value is -3.81. The van der Waals surface area contributed by atoms with Gasteiger partial charge in [-0.2, -0.15) is 23.4 Å². The Morgan fingerprint density at radius 2 is 1.82 bits per heavy atom. The predicted octanol–water partition coefficient (Wildman–Crippen LogP) is 0.821. The first-order valence-corrected chi connectivity index (χ1v) is 12.6. The Bertz CT molecular complexity index is 1360. The van der Waals surface area contributed by atoms with E-state index in [-0.39, 0.29) is 29.5 Å². The number of alkyl halides is 3. The molecule has 1 unspecified atom stereocenters. The highest BCUT2D eigenvalue weighted by molar-refractivity contribution is 5.97. The van der Waals surface area contributed by atoms with Crippen molar-refractivity contribution in [3.63, 3.8) is 0 Å². The molecule has 1 aliphatic carbocycles. The summed E-state index contributed by atoms with van der Waals surface area (Å²) in [6.07, 6.45) is -3.80. The van der Waals surface area contributed by atoms with Crippen LogP contribution in [0.1, 0.15) is 39.4 Å². The van der Waals surface area contributed by atoms with Gasteiger partial charge in [0.15, 0.2) is 6.04 Å². The number of carbonyl (C=O) groups is 4. The molecule has 4 amide bonds. The lowest BCUT2D eigenvalue weighted by atomic mass is 9.83. The zero-order chi connectivity index (χ0) is 29.8. The van der Waals surface area contributed by atoms with E-state index in [1.165, 1.54) is 20.0 Å². The van der Waals surface area contributed by atoms with Gasteiger partial charge in [-0.1, -0.05) is 52.0 Å². The molecule has 1 aromatic carbocycles. The predicted molar refractivity (Wildman–Crippen MR) is 135 cm³/mol. The summed E-state index contributed by atoms with van der Waals surface area (Å²) in [4.78, 5) is 52.9. The molecule has 2 aromatic rings. The quantitative estimate of drug-likeness (QED) is 0.368. The average molecular weight is 565 g/mol. The molecule has 5 N–H and O–H groups in total. The number of carbonyl (C=O) groups excluding carboxylic acids is 4. The summed E-state index contributed by atoms with van der Waals surface area (Å²) >= 11 is 0. The van der Waals surface area contributed by atoms with Crippen molar-refractivity contribution in [3.8, 4) is 0 Å². The van der Waals surface area contributed by atoms with Crippen molar-refractivity contribution >= 4 is 34.4 Å². The number of amides is 4. The fraction of sp³-hybridized carbons (Fsp3) is 0.538. The zero-order valence-corrected chi connectivity index (χ0v) is 22.3. The molecule has 1 aromatic heterocycles. The highest BCUT2D eigenvalue weighted by Crippen LogP contribution is 2.65. The van der Waals surface area contributed by atoms with Gasteiger partial charge >= 0.3 is 12.1 Å². The van der Waals surface area contributed by atoms with E-state index in [9.17, 15) is 37.5 Å². The number of nitrogens with two attached hydrogens (primary N) is 1. The molecule has 0 bridgehead atoms. The summed E-state index contributed by atoms with van der Waals surface area (Å²) in [7, 11) is 0. The lowest BCUT2D eigenvalue weighted by Crippen LogP contribution is -2.62. The maximum Gasteiger partial charge on any atom is 0.471 e. The van der Waals surface area contributed by atoms with Crippen molar-refractivity contribution < 1.29 is 37.5 Å². The van der Waals surface area contributed by atoms with Crippen LogP contribution in [0.5, 0.6) is 0 Å². The van der Waals surface area contributed by atoms with E-state index in [2.05, 4.69) is 15.5 Å². The van der Waals surface area contributed by atoms with E-state index in [1.807, 2.05) is 13.8 Å². The van der Waals surface area contributed by atoms with E-state index in [0.29, 0.717) is 10.8 Å². The number of likely N-dealkylation sites (tertiary alicyclic amines) is 1. The number of nitrogens with zero attached hydrogens (tertiary/aromatic N) is 3. The number of aliphatic hydroxyl groups is 1. The third-order valence-electron chi connectivity index (χ3n) is 8.17. The third kappa shape index (κ3) is 5.07. The molecule has 2 heterocycles. The Morgan fingerprint density at radius 3 is 2.42 bits per heavy atom. The van der Waals surface area contributed by atoms with Crippen molar-refractivity contribution in [1.29, 1.82) is 0 Å². The summed E-state index contributed by atoms with van der Waals surface area (Å²) in [6.45, 7) is 5.74. The van der Waals surface area contributed by atoms with Gasteiger partial charge in [0.05, 0.1) is 12.8 Å². The maximum absolute atomic E-state index is 13.8. The fourth-order valence-electron chi connectivity index (χ4n) is 5.64. The Labute approximate surface area is 227 Å². The average Bonchev–Trinajstić information content (AvgIpc) is 3.21. The minimum Gasteiger partial charge on any atom is -0.396 e. The highest BCUT2D eigenvalue weighted by Gasteiger charge is 2.70. The minimum atomic E-state index is -5.27. The van der Waals surface area contributed by atoms with Crippen molar-refractivity contribution in [2.75, 3.05) is 13.2 Å². The molecule has 1 aliphatic heterocycles. The van der Waals surface area contributed by atoms with Gasteiger partial charge in [0.2, 0.25) is 17.7 Å². The monoisotopic (exact) mass is 564 g/mol. The van der Waals surface area contributed by atoms with Crippen molar-refractivity contribution in [2.45, 2.75) is 52.0 Å². The molecule has 1 saturated carbocycles. The van der Waals surface area contributed by atoms with E-state index in [0.717, 1.165) is 4.90 Å². The van der Waals surface area contributed by atoms with Crippen LogP contribution in [0.15, 0.2) is 30.5 Å². The lowest BCUT2D eigenvalue weighted by Gasteiger charge is -2.38. The number of halogens is 3. The molecule has 11 nitrogen and oxygen atoms in total. The minimum absolute atomic E-state index is 0.0315. The second-order valence-corrected chi connectivity index (χ2v) is 11.6. The van der Waals surface area contributed by atoms with Crippen LogP contribution in [0, 0.1) is 22.7 Å². The Kier molecular flexibility index (Phi) is 7.28. The second-order valence-electron chi connectivity index (χ2n) is 11.6. The van der Waals surface area contributed by atoms with Gasteiger partial charge in [-0.15, -0.1) is 0 Å². The van der Waals surface area contributed by atoms with Gasteiger partial charge < -0.3 is 26.4 Å². The zero-order valence-electron chi connectivity index (χ0n) is 22.3. The van der Waals surface area contributed by atoms with Gasteiger partial charge in [0, 0.05) is 22.7 Å². The van der Waals surface area contributed by atoms with Crippen LogP contribution >= 0.6 is 0 Å². The molecular weight excluding hydrogens is 533 g/mol. The normalized spacial score (nSPS) is 23.2. The molecule has 1 saturated heterocycles. The molecule has 0 spiro atoms. The van der Waals surface area contributed by atoms with Crippen LogP contribution in [-0.2, 0) is 19.2 Å². The third-order valence-corrected chi connectivity index (χ3v) is 8.17. The first-order chi connectivity index (χ1) is 18.5. The molecule has 5 atom stereocenters. The summed E-state index contributed by atoms with van der Waals surface area (Å²) < 4.78 is 39.3. The van der Waals surface area contributed by atoms with Crippen molar-refractivity contribution in [3.05, 3.63) is 36.2 Å². The number of hydrogen-bond acceptors (Lipinski definition) is 7. The molecule has 40 heavy (non-hydrogen) atoms. The van der Waals surface area contributed by atoms with Gasteiger partial charge in [-0.3, -0.25) is 19.2 Å². The Balaban J connectivity index is 1.67. The van der Waals surface area contributed by atoms with Crippen molar-refractivity contribution in [2.24, 2.45) is 28.4 Å². The van der Waals surface area contributed by atoms with Crippen LogP contribution in [0.2, 0.25) is 0 Å². The summed E-state index contributed by atoms with van der Waals surface area (Å²) in [6, 6.07) is 2.48. The topological polar surface area (TPSA) is 168 Å². The highest BCUT2D eigenvalue weighted by atomic mass is 19.4. The number of aromatic nitrogens is 2. The van der Waals surface area contributed by atoms with Crippen molar-refractivity contribution in [1.82, 2.24) is 25.7 Å². The molecule has 2 aliphatic rings. The summed E-state index contributed by atoms with van der Waals surface area (Å²) in [5.41, 5.74) is 3.85.